The van der Waals surface area contributed by atoms with Crippen LogP contribution in [-0.2, 0) is 6.54 Å². The van der Waals surface area contributed by atoms with E-state index in [1.54, 1.807) is 0 Å². The molecule has 0 unspecified atom stereocenters. The van der Waals surface area contributed by atoms with Crippen LogP contribution in [0.25, 0.3) is 0 Å². The van der Waals surface area contributed by atoms with Gasteiger partial charge in [0, 0.05) is 36.3 Å². The number of rotatable bonds is 3. The van der Waals surface area contributed by atoms with Crippen LogP contribution in [0.2, 0.25) is 0 Å². The number of hydrogen-bond donors (Lipinski definition) is 0. The largest absolute Gasteiger partial charge is 0.301 e. The minimum Gasteiger partial charge on any atom is -0.301 e. The zero-order valence-corrected chi connectivity index (χ0v) is 13.8. The normalized spacial score (nSPS) is 18.2. The molecule has 0 saturated carbocycles. The van der Waals surface area contributed by atoms with Crippen LogP contribution < -0.4 is 0 Å². The van der Waals surface area contributed by atoms with Gasteiger partial charge in [-0.25, -0.2) is 0 Å². The first-order valence-electron chi connectivity index (χ1n) is 6.80. The van der Waals surface area contributed by atoms with Gasteiger partial charge in [0.05, 0.1) is 0 Å². The van der Waals surface area contributed by atoms with Crippen LogP contribution >= 0.6 is 22.6 Å². The second-order valence-corrected chi connectivity index (χ2v) is 6.40. The molecule has 1 aliphatic rings. The van der Waals surface area contributed by atoms with Crippen molar-refractivity contribution in [3.8, 4) is 0 Å². The van der Waals surface area contributed by atoms with E-state index in [1.807, 2.05) is 0 Å². The van der Waals surface area contributed by atoms with Crippen LogP contribution in [0.4, 0.5) is 0 Å². The molecule has 0 spiro atoms. The summed E-state index contributed by atoms with van der Waals surface area (Å²) >= 11 is 2.42. The van der Waals surface area contributed by atoms with Gasteiger partial charge in [-0.15, -0.1) is 0 Å². The first kappa shape index (κ1) is 14.3. The number of nitrogens with zero attached hydrogens (tertiary/aromatic N) is 2. The summed E-state index contributed by atoms with van der Waals surface area (Å²) in [7, 11) is 0. The van der Waals surface area contributed by atoms with E-state index in [-0.39, 0.29) is 0 Å². The van der Waals surface area contributed by atoms with Crippen LogP contribution in [-0.4, -0.2) is 42.5 Å². The van der Waals surface area contributed by atoms with Crippen molar-refractivity contribution < 1.29 is 0 Å². The molecule has 0 bridgehead atoms. The minimum atomic E-state index is 1.11. The average molecular weight is 358 g/mol. The maximum absolute atomic E-state index is 2.58. The van der Waals surface area contributed by atoms with Crippen LogP contribution in [0.15, 0.2) is 12.1 Å². The van der Waals surface area contributed by atoms with Gasteiger partial charge in [0.2, 0.25) is 0 Å². The molecule has 0 N–H and O–H groups in total. The summed E-state index contributed by atoms with van der Waals surface area (Å²) in [6, 6.07) is 4.68. The molecule has 2 nitrogen and oxygen atoms in total. The van der Waals surface area contributed by atoms with Crippen molar-refractivity contribution >= 4 is 22.6 Å². The number of hydrogen-bond acceptors (Lipinski definition) is 2. The Bertz CT molecular complexity index is 409. The number of likely N-dealkylation sites (N-methyl/N-ethyl adjacent to an activating group) is 1. The molecule has 1 fully saturated rings. The molecule has 0 amide bonds. The first-order valence-corrected chi connectivity index (χ1v) is 7.88. The molecular formula is C15H23IN2. The van der Waals surface area contributed by atoms with E-state index >= 15 is 0 Å². The summed E-state index contributed by atoms with van der Waals surface area (Å²) in [6.45, 7) is 13.9. The summed E-state index contributed by atoms with van der Waals surface area (Å²) in [5, 5.41) is 0. The lowest BCUT2D eigenvalue weighted by Crippen LogP contribution is -2.45. The maximum Gasteiger partial charge on any atom is 0.0237 e. The van der Waals surface area contributed by atoms with Gasteiger partial charge in [0.1, 0.15) is 0 Å². The number of aryl methyl sites for hydroxylation is 2. The lowest BCUT2D eigenvalue weighted by Gasteiger charge is -2.34. The smallest absolute Gasteiger partial charge is 0.0237 e. The van der Waals surface area contributed by atoms with E-state index in [4.69, 9.17) is 0 Å². The van der Waals surface area contributed by atoms with Crippen LogP contribution in [0.5, 0.6) is 0 Å². The second-order valence-electron chi connectivity index (χ2n) is 5.24. The van der Waals surface area contributed by atoms with E-state index in [0.29, 0.717) is 0 Å². The van der Waals surface area contributed by atoms with Gasteiger partial charge in [0.15, 0.2) is 0 Å². The van der Waals surface area contributed by atoms with Gasteiger partial charge in [-0.2, -0.15) is 0 Å². The van der Waals surface area contributed by atoms with Crippen molar-refractivity contribution in [3.05, 3.63) is 32.4 Å². The van der Waals surface area contributed by atoms with E-state index in [9.17, 15) is 0 Å². The Morgan fingerprint density at radius 3 is 2.22 bits per heavy atom. The molecule has 0 aliphatic carbocycles. The molecular weight excluding hydrogens is 335 g/mol. The zero-order chi connectivity index (χ0) is 13.1. The predicted octanol–water partition coefficient (Wildman–Crippen LogP) is 3.05. The molecule has 1 heterocycles. The Kier molecular flexibility index (Phi) is 5.04. The highest BCUT2D eigenvalue weighted by Crippen LogP contribution is 2.19. The number of halogens is 1. The third kappa shape index (κ3) is 3.45. The highest BCUT2D eigenvalue weighted by atomic mass is 127. The van der Waals surface area contributed by atoms with E-state index < -0.39 is 0 Å². The summed E-state index contributed by atoms with van der Waals surface area (Å²) in [4.78, 5) is 5.11. The highest BCUT2D eigenvalue weighted by Gasteiger charge is 2.16. The SMILES string of the molecule is CCN1CCN(Cc2cc(C)c(I)cc2C)CC1. The zero-order valence-electron chi connectivity index (χ0n) is 11.7. The van der Waals surface area contributed by atoms with Crippen LogP contribution in [0.3, 0.4) is 0 Å². The quantitative estimate of drug-likeness (QED) is 0.767. The Hall–Kier alpha value is -0.130. The van der Waals surface area contributed by atoms with Gasteiger partial charge >= 0.3 is 0 Å². The molecule has 0 aromatic heterocycles. The average Bonchev–Trinajstić information content (AvgIpc) is 2.37. The molecule has 1 aliphatic heterocycles. The fourth-order valence-electron chi connectivity index (χ4n) is 2.52. The molecule has 2 rings (SSSR count). The third-order valence-electron chi connectivity index (χ3n) is 3.92. The van der Waals surface area contributed by atoms with E-state index in [0.717, 1.165) is 6.54 Å². The Labute approximate surface area is 124 Å². The van der Waals surface area contributed by atoms with Crippen molar-refractivity contribution in [1.29, 1.82) is 0 Å². The number of benzene rings is 1. The summed E-state index contributed by atoms with van der Waals surface area (Å²) in [5.41, 5.74) is 4.34. The lowest BCUT2D eigenvalue weighted by molar-refractivity contribution is 0.132. The molecule has 100 valence electrons. The Morgan fingerprint density at radius 1 is 1.00 bits per heavy atom. The van der Waals surface area contributed by atoms with Gasteiger partial charge in [0.25, 0.3) is 0 Å². The van der Waals surface area contributed by atoms with Gasteiger partial charge < -0.3 is 4.90 Å². The topological polar surface area (TPSA) is 6.48 Å². The van der Waals surface area contributed by atoms with Crippen molar-refractivity contribution in [2.24, 2.45) is 0 Å². The lowest BCUT2D eigenvalue weighted by atomic mass is 10.0. The monoisotopic (exact) mass is 358 g/mol. The fourth-order valence-corrected chi connectivity index (χ4v) is 3.14. The highest BCUT2D eigenvalue weighted by molar-refractivity contribution is 14.1. The molecule has 1 saturated heterocycles. The van der Waals surface area contributed by atoms with Crippen LogP contribution in [0, 0.1) is 17.4 Å². The molecule has 0 radical (unpaired) electrons. The molecule has 0 atom stereocenters. The van der Waals surface area contributed by atoms with Crippen molar-refractivity contribution in [2.75, 3.05) is 32.7 Å². The summed E-state index contributed by atoms with van der Waals surface area (Å²) in [6.07, 6.45) is 0. The second kappa shape index (κ2) is 6.35. The molecule has 18 heavy (non-hydrogen) atoms. The molecule has 1 aromatic carbocycles. The van der Waals surface area contributed by atoms with Crippen molar-refractivity contribution in [3.63, 3.8) is 0 Å². The van der Waals surface area contributed by atoms with Crippen molar-refractivity contribution in [2.45, 2.75) is 27.3 Å². The van der Waals surface area contributed by atoms with Crippen LogP contribution in [0.1, 0.15) is 23.6 Å². The molecule has 3 heteroatoms. The van der Waals surface area contributed by atoms with Gasteiger partial charge in [-0.1, -0.05) is 13.0 Å². The standard InChI is InChI=1S/C15H23IN2/c1-4-17-5-7-18(8-6-17)11-14-9-13(3)15(16)10-12(14)2/h9-10H,4-8,11H2,1-3H3. The van der Waals surface area contributed by atoms with E-state index in [2.05, 4.69) is 65.3 Å². The molecule has 1 aromatic rings. The Balaban J connectivity index is 2.00. The third-order valence-corrected chi connectivity index (χ3v) is 5.09. The summed E-state index contributed by atoms with van der Waals surface area (Å²) in [5.74, 6) is 0. The maximum atomic E-state index is 2.58. The Morgan fingerprint density at radius 2 is 1.61 bits per heavy atom. The van der Waals surface area contributed by atoms with Crippen molar-refractivity contribution in [1.82, 2.24) is 9.80 Å². The first-order chi connectivity index (χ1) is 8.60. The van der Waals surface area contributed by atoms with Gasteiger partial charge in [-0.3, -0.25) is 4.90 Å². The fraction of sp³-hybridized carbons (Fsp3) is 0.600. The predicted molar refractivity (Wildman–Crippen MR) is 86.0 cm³/mol. The minimum absolute atomic E-state index is 1.11. The van der Waals surface area contributed by atoms with E-state index in [1.165, 1.54) is 53.0 Å². The number of piperazine rings is 1. The van der Waals surface area contributed by atoms with Gasteiger partial charge in [-0.05, 0) is 65.7 Å². The summed E-state index contributed by atoms with van der Waals surface area (Å²) < 4.78 is 1.38.